The summed E-state index contributed by atoms with van der Waals surface area (Å²) in [5.74, 6) is 0. The third-order valence-electron chi connectivity index (χ3n) is 10.3. The van der Waals surface area contributed by atoms with Crippen molar-refractivity contribution in [3.05, 3.63) is 200 Å². The molecule has 9 aromatic carbocycles. The smallest absolute Gasteiger partial charge is 0.137 e. The average molecular weight is 664 g/mol. The van der Waals surface area contributed by atoms with E-state index in [1.54, 1.807) is 0 Å². The molecule has 0 aliphatic carbocycles. The summed E-state index contributed by atoms with van der Waals surface area (Å²) in [5.41, 5.74) is 12.2. The molecule has 0 aliphatic rings. The molecule has 0 radical (unpaired) electrons. The fourth-order valence-corrected chi connectivity index (χ4v) is 7.77. The van der Waals surface area contributed by atoms with Gasteiger partial charge in [-0.1, -0.05) is 146 Å². The van der Waals surface area contributed by atoms with E-state index >= 15 is 0 Å². The lowest BCUT2D eigenvalue weighted by atomic mass is 9.93. The van der Waals surface area contributed by atoms with E-state index in [4.69, 9.17) is 4.42 Å². The van der Waals surface area contributed by atoms with Gasteiger partial charge in [-0.3, -0.25) is 0 Å². The van der Waals surface area contributed by atoms with E-state index in [1.165, 1.54) is 54.9 Å². The van der Waals surface area contributed by atoms with Crippen LogP contribution in [0.5, 0.6) is 0 Å². The van der Waals surface area contributed by atoms with Crippen LogP contribution in [0.15, 0.2) is 205 Å². The van der Waals surface area contributed by atoms with E-state index < -0.39 is 0 Å². The lowest BCUT2D eigenvalue weighted by Crippen LogP contribution is -2.10. The number of nitrogens with zero attached hydrogens (tertiary/aromatic N) is 1. The molecule has 0 saturated heterocycles. The molecule has 0 unspecified atom stereocenters. The maximum Gasteiger partial charge on any atom is 0.137 e. The van der Waals surface area contributed by atoms with Gasteiger partial charge in [-0.05, 0) is 110 Å². The molecule has 0 bridgehead atoms. The van der Waals surface area contributed by atoms with E-state index in [9.17, 15) is 0 Å². The second kappa shape index (κ2) is 12.5. The van der Waals surface area contributed by atoms with Crippen molar-refractivity contribution in [1.29, 1.82) is 0 Å². The molecule has 244 valence electrons. The van der Waals surface area contributed by atoms with Crippen molar-refractivity contribution in [3.8, 4) is 33.4 Å². The highest BCUT2D eigenvalue weighted by Gasteiger charge is 2.20. The minimum absolute atomic E-state index is 0.872. The Morgan fingerprint density at radius 3 is 1.63 bits per heavy atom. The van der Waals surface area contributed by atoms with Crippen LogP contribution in [-0.2, 0) is 0 Å². The lowest BCUT2D eigenvalue weighted by Gasteiger charge is -2.27. The van der Waals surface area contributed by atoms with E-state index in [2.05, 4.69) is 193 Å². The maximum absolute atomic E-state index is 6.37. The van der Waals surface area contributed by atoms with Gasteiger partial charge in [0.25, 0.3) is 0 Å². The van der Waals surface area contributed by atoms with Crippen molar-refractivity contribution in [2.24, 2.45) is 0 Å². The Labute approximate surface area is 302 Å². The van der Waals surface area contributed by atoms with Crippen LogP contribution in [0, 0.1) is 0 Å². The van der Waals surface area contributed by atoms with Gasteiger partial charge in [0.15, 0.2) is 0 Å². The summed E-state index contributed by atoms with van der Waals surface area (Å²) in [6, 6.07) is 71.7. The normalized spacial score (nSPS) is 11.5. The number of rotatable bonds is 6. The Bertz CT molecular complexity index is 2880. The van der Waals surface area contributed by atoms with Crippen molar-refractivity contribution in [2.75, 3.05) is 4.90 Å². The molecule has 52 heavy (non-hydrogen) atoms. The standard InChI is InChI=1S/C50H33NO/c1-2-12-34(13-3-1)39-32-38-15-5-7-18-44(38)46(33-39)37-26-30-41(31-27-37)51(47-21-11-23-49-50(47)45-19-8-9-22-48(45)52-49)40-28-24-36(25-29-40)43-20-10-16-35-14-4-6-17-42(35)43/h1-33H. The summed E-state index contributed by atoms with van der Waals surface area (Å²) in [4.78, 5) is 2.36. The van der Waals surface area contributed by atoms with Gasteiger partial charge in [0.05, 0.1) is 11.1 Å². The molecule has 0 saturated carbocycles. The maximum atomic E-state index is 6.37. The first-order chi connectivity index (χ1) is 25.8. The number of para-hydroxylation sites is 1. The van der Waals surface area contributed by atoms with E-state index in [0.29, 0.717) is 0 Å². The van der Waals surface area contributed by atoms with Gasteiger partial charge in [-0.15, -0.1) is 0 Å². The topological polar surface area (TPSA) is 16.4 Å². The number of hydrogen-bond acceptors (Lipinski definition) is 2. The molecule has 0 spiro atoms. The third kappa shape index (κ3) is 5.12. The van der Waals surface area contributed by atoms with Gasteiger partial charge in [-0.25, -0.2) is 0 Å². The summed E-state index contributed by atoms with van der Waals surface area (Å²) in [6.07, 6.45) is 0. The zero-order valence-corrected chi connectivity index (χ0v) is 28.4. The Hall–Kier alpha value is -6.90. The van der Waals surface area contributed by atoms with Crippen LogP contribution in [0.25, 0.3) is 76.9 Å². The molecule has 10 aromatic rings. The third-order valence-corrected chi connectivity index (χ3v) is 10.3. The lowest BCUT2D eigenvalue weighted by molar-refractivity contribution is 0.669. The van der Waals surface area contributed by atoms with Crippen LogP contribution in [0.3, 0.4) is 0 Å². The minimum Gasteiger partial charge on any atom is -0.456 e. The predicted octanol–water partition coefficient (Wildman–Crippen LogP) is 14.4. The fourth-order valence-electron chi connectivity index (χ4n) is 7.77. The number of fused-ring (bicyclic) bond motifs is 5. The Morgan fingerprint density at radius 1 is 0.327 bits per heavy atom. The van der Waals surface area contributed by atoms with Gasteiger partial charge < -0.3 is 9.32 Å². The van der Waals surface area contributed by atoms with Crippen LogP contribution >= 0.6 is 0 Å². The van der Waals surface area contributed by atoms with Gasteiger partial charge in [0.2, 0.25) is 0 Å². The van der Waals surface area contributed by atoms with E-state index in [-0.39, 0.29) is 0 Å². The molecule has 0 fully saturated rings. The first-order valence-corrected chi connectivity index (χ1v) is 17.8. The molecule has 0 atom stereocenters. The van der Waals surface area contributed by atoms with Gasteiger partial charge >= 0.3 is 0 Å². The summed E-state index contributed by atoms with van der Waals surface area (Å²) in [5, 5.41) is 7.17. The molecular weight excluding hydrogens is 631 g/mol. The van der Waals surface area contributed by atoms with Crippen LogP contribution in [0.4, 0.5) is 17.1 Å². The number of hydrogen-bond donors (Lipinski definition) is 0. The molecule has 2 heteroatoms. The average Bonchev–Trinajstić information content (AvgIpc) is 3.61. The van der Waals surface area contributed by atoms with Gasteiger partial charge in [-0.2, -0.15) is 0 Å². The van der Waals surface area contributed by atoms with Crippen molar-refractivity contribution >= 4 is 60.5 Å². The highest BCUT2D eigenvalue weighted by atomic mass is 16.3. The second-order valence-electron chi connectivity index (χ2n) is 13.3. The monoisotopic (exact) mass is 663 g/mol. The summed E-state index contributed by atoms with van der Waals surface area (Å²) in [7, 11) is 0. The number of anilines is 3. The largest absolute Gasteiger partial charge is 0.456 e. The van der Waals surface area contributed by atoms with E-state index in [1.807, 2.05) is 12.1 Å². The second-order valence-corrected chi connectivity index (χ2v) is 13.3. The molecule has 0 aliphatic heterocycles. The number of furan rings is 1. The minimum atomic E-state index is 0.872. The zero-order valence-electron chi connectivity index (χ0n) is 28.4. The van der Waals surface area contributed by atoms with Gasteiger partial charge in [0.1, 0.15) is 11.2 Å². The highest BCUT2D eigenvalue weighted by molar-refractivity contribution is 6.13. The molecule has 0 amide bonds. The van der Waals surface area contributed by atoms with Crippen LogP contribution in [0.1, 0.15) is 0 Å². The van der Waals surface area contributed by atoms with Crippen molar-refractivity contribution in [3.63, 3.8) is 0 Å². The summed E-state index contributed by atoms with van der Waals surface area (Å²) < 4.78 is 6.37. The van der Waals surface area contributed by atoms with Crippen molar-refractivity contribution in [2.45, 2.75) is 0 Å². The molecular formula is C50H33NO. The highest BCUT2D eigenvalue weighted by Crippen LogP contribution is 2.44. The van der Waals surface area contributed by atoms with Crippen LogP contribution in [0.2, 0.25) is 0 Å². The first kappa shape index (κ1) is 30.0. The predicted molar refractivity (Wildman–Crippen MR) is 220 cm³/mol. The fraction of sp³-hybridized carbons (Fsp3) is 0. The molecule has 10 rings (SSSR count). The van der Waals surface area contributed by atoms with Crippen LogP contribution < -0.4 is 4.90 Å². The zero-order chi connectivity index (χ0) is 34.4. The summed E-state index contributed by atoms with van der Waals surface area (Å²) in [6.45, 7) is 0. The van der Waals surface area contributed by atoms with Crippen molar-refractivity contribution in [1.82, 2.24) is 0 Å². The Balaban J connectivity index is 1.13. The van der Waals surface area contributed by atoms with Gasteiger partial charge in [0, 0.05) is 16.8 Å². The molecule has 1 heterocycles. The van der Waals surface area contributed by atoms with Crippen molar-refractivity contribution < 1.29 is 4.42 Å². The molecule has 2 nitrogen and oxygen atoms in total. The quantitative estimate of drug-likeness (QED) is 0.176. The summed E-state index contributed by atoms with van der Waals surface area (Å²) >= 11 is 0. The molecule has 0 N–H and O–H groups in total. The Kier molecular flexibility index (Phi) is 7.18. The SMILES string of the molecule is c1ccc(-c2cc(-c3ccc(N(c4ccc(-c5cccc6ccccc56)cc4)c4cccc5oc6ccccc6c45)cc3)c3ccccc3c2)cc1. The van der Waals surface area contributed by atoms with E-state index in [0.717, 1.165) is 39.0 Å². The van der Waals surface area contributed by atoms with Crippen LogP contribution in [-0.4, -0.2) is 0 Å². The molecule has 1 aromatic heterocycles. The Morgan fingerprint density at radius 2 is 0.885 bits per heavy atom. The number of benzene rings is 9. The first-order valence-electron chi connectivity index (χ1n) is 17.8.